The van der Waals surface area contributed by atoms with Crippen molar-refractivity contribution in [2.45, 2.75) is 214 Å². The van der Waals surface area contributed by atoms with E-state index in [-0.39, 0.29) is 94.1 Å². The van der Waals surface area contributed by atoms with Gasteiger partial charge in [0, 0.05) is 141 Å². The van der Waals surface area contributed by atoms with Crippen molar-refractivity contribution in [2.24, 2.45) is 57.2 Å². The number of esters is 2. The number of nitrogens with one attached hydrogen (secondary N) is 4. The third kappa shape index (κ3) is 12.6. The molecule has 0 radical (unpaired) electrons. The van der Waals surface area contributed by atoms with E-state index in [1.165, 1.54) is 12.5 Å². The number of aromatic hydroxyl groups is 2. The monoisotopic (exact) mass is 1330 g/mol. The second kappa shape index (κ2) is 27.4. The Bertz CT molecular complexity index is 3210. The van der Waals surface area contributed by atoms with Crippen molar-refractivity contribution >= 4 is 39.4 Å². The van der Waals surface area contributed by atoms with E-state index in [0.29, 0.717) is 120 Å². The Kier molecular flexibility index (Phi) is 19.5. The highest BCUT2D eigenvalue weighted by Crippen LogP contribution is 2.67. The Labute approximate surface area is 565 Å². The number of fused-ring (bicyclic) bond motifs is 6. The molecule has 12 aliphatic rings. The lowest BCUT2D eigenvalue weighted by Crippen LogP contribution is -2.65. The van der Waals surface area contributed by atoms with Crippen LogP contribution in [-0.4, -0.2) is 160 Å². The molecule has 2 spiro atoms. The Balaban J connectivity index is 0.845. The van der Waals surface area contributed by atoms with Crippen LogP contribution in [-0.2, 0) is 23.9 Å². The van der Waals surface area contributed by atoms with Gasteiger partial charge in [0.05, 0.1) is 18.3 Å². The number of benzene rings is 2. The van der Waals surface area contributed by atoms with Gasteiger partial charge in [-0.25, -0.2) is 4.79 Å². The maximum absolute atomic E-state index is 16.1. The minimum atomic E-state index is -1.21. The topological polar surface area (TPSA) is 231 Å². The minimum Gasteiger partial charge on any atom is -0.508 e. The summed E-state index contributed by atoms with van der Waals surface area (Å²) in [6, 6.07) is 11.7. The zero-order chi connectivity index (χ0) is 65.0. The first-order chi connectivity index (χ1) is 45.5. The lowest BCUT2D eigenvalue weighted by Gasteiger charge is -2.60. The molecular formula is C76H105N5O11S2. The molecule has 4 saturated heterocycles. The molecule has 1 amide bonds. The van der Waals surface area contributed by atoms with Gasteiger partial charge in [-0.05, 0) is 175 Å². The second-order valence-corrected chi connectivity index (χ2v) is 34.3. The quantitative estimate of drug-likeness (QED) is 0.0466. The predicted octanol–water partition coefficient (Wildman–Crippen LogP) is 9.92. The van der Waals surface area contributed by atoms with Crippen molar-refractivity contribution in [3.05, 3.63) is 77.4 Å². The van der Waals surface area contributed by atoms with E-state index in [1.807, 2.05) is 19.1 Å². The summed E-state index contributed by atoms with van der Waals surface area (Å²) in [4.78, 5) is 46.6. The zero-order valence-corrected chi connectivity index (χ0v) is 57.3. The van der Waals surface area contributed by atoms with Gasteiger partial charge in [0.2, 0.25) is 5.91 Å². The van der Waals surface area contributed by atoms with Crippen LogP contribution in [0, 0.1) is 69.0 Å². The first-order valence-electron chi connectivity index (χ1n) is 36.4. The van der Waals surface area contributed by atoms with Crippen LogP contribution in [0.25, 0.3) is 0 Å². The number of phenolic OH excluding ortho intramolecular Hbond substituents is 2. The number of aliphatic hydroxyl groups is 3. The first kappa shape index (κ1) is 66.9. The molecule has 512 valence electrons. The maximum atomic E-state index is 16.1. The Morgan fingerprint density at radius 3 is 2.46 bits per heavy atom. The van der Waals surface area contributed by atoms with Gasteiger partial charge in [-0.15, -0.1) is 5.92 Å². The Morgan fingerprint density at radius 2 is 1.67 bits per heavy atom. The number of rotatable bonds is 10. The molecule has 5 heterocycles. The summed E-state index contributed by atoms with van der Waals surface area (Å²) in [5.74, 6) is 7.61. The summed E-state index contributed by atoms with van der Waals surface area (Å²) in [6.45, 7) is 9.73. The fourth-order valence-electron chi connectivity index (χ4n) is 22.0. The third-order valence-corrected chi connectivity index (χ3v) is 29.2. The average molecular weight is 1330 g/mol. The van der Waals surface area contributed by atoms with Crippen molar-refractivity contribution in [3.63, 3.8) is 0 Å². The van der Waals surface area contributed by atoms with Gasteiger partial charge in [-0.3, -0.25) is 14.5 Å². The van der Waals surface area contributed by atoms with Gasteiger partial charge in [-0.2, -0.15) is 0 Å². The lowest BCUT2D eigenvalue weighted by molar-refractivity contribution is -0.183. The van der Waals surface area contributed by atoms with Crippen molar-refractivity contribution in [1.29, 1.82) is 0 Å². The number of allylic oxidation sites excluding steroid dienone is 1. The summed E-state index contributed by atoms with van der Waals surface area (Å²) in [6.07, 6.45) is 23.0. The molecule has 16 nitrogen and oxygen atoms in total. The molecule has 18 atom stereocenters. The van der Waals surface area contributed by atoms with E-state index in [1.54, 1.807) is 27.7 Å². The molecular weight excluding hydrogens is 1220 g/mol. The van der Waals surface area contributed by atoms with Crippen LogP contribution in [0.1, 0.15) is 190 Å². The number of piperazine rings is 1. The number of phenols is 2. The lowest BCUT2D eigenvalue weighted by atomic mass is 9.46. The number of hydrogen-bond acceptors (Lipinski definition) is 17. The van der Waals surface area contributed by atoms with E-state index in [9.17, 15) is 35.1 Å². The SMILES string of the molecule is CC(=O)O[C@H]1C[C@@H](OC(=O)[C@@]23CCCC[C@@H]2CCC(=O)N3)C2(CCNCC2)[C@H]2c3ccc(O)c4c3[C@H](C[C@@H]2C#CC[C@H]2C[C@@](C)(O)CSSC[C@H](NC[C@@]35C=C[C@H]6[C@H](N7CCNCC7)C=CC[C@]6(CC[C@H]3c3ccc(O)cc3)C5)[C@H](O)CC[C@H]21)[C@@H](C1(CO)CCCC1)CO4. The number of carbonyl (C=O) groups is 3. The van der Waals surface area contributed by atoms with Crippen LogP contribution in [0.2, 0.25) is 0 Å². The fraction of sp³-hybridized carbons (Fsp3) is 0.724. The van der Waals surface area contributed by atoms with E-state index < -0.39 is 52.7 Å². The van der Waals surface area contributed by atoms with Gasteiger partial charge < -0.3 is 61.0 Å². The second-order valence-electron chi connectivity index (χ2n) is 31.8. The summed E-state index contributed by atoms with van der Waals surface area (Å²) in [5, 5.41) is 74.4. The maximum Gasteiger partial charge on any atom is 0.332 e. The average Bonchev–Trinajstić information content (AvgIpc) is 0.808. The van der Waals surface area contributed by atoms with E-state index >= 15 is 4.79 Å². The van der Waals surface area contributed by atoms with Crippen LogP contribution >= 0.6 is 21.6 Å². The van der Waals surface area contributed by atoms with Gasteiger partial charge in [0.25, 0.3) is 0 Å². The Hall–Kier alpha value is -4.29. The number of piperidine rings is 2. The number of nitrogens with zero attached hydrogens (tertiary/aromatic N) is 1. The van der Waals surface area contributed by atoms with Crippen LogP contribution in [0.3, 0.4) is 0 Å². The largest absolute Gasteiger partial charge is 0.508 e. The molecule has 0 aromatic heterocycles. The first-order valence-corrected chi connectivity index (χ1v) is 38.9. The van der Waals surface area contributed by atoms with E-state index in [0.717, 1.165) is 108 Å². The number of ether oxygens (including phenoxy) is 3. The van der Waals surface area contributed by atoms with E-state index in [4.69, 9.17) is 14.2 Å². The highest BCUT2D eigenvalue weighted by atomic mass is 33.1. The third-order valence-electron chi connectivity index (χ3n) is 26.6. The number of amides is 1. The van der Waals surface area contributed by atoms with Gasteiger partial charge >= 0.3 is 11.9 Å². The molecule has 0 unspecified atom stereocenters. The van der Waals surface area contributed by atoms with E-state index in [2.05, 4.69) is 80.5 Å². The molecule has 7 fully saturated rings. The molecule has 7 aliphatic carbocycles. The molecule has 2 aromatic rings. The van der Waals surface area contributed by atoms with Crippen LogP contribution < -0.4 is 26.0 Å². The molecule has 9 N–H and O–H groups in total. The molecule has 14 rings (SSSR count). The molecule has 94 heavy (non-hydrogen) atoms. The highest BCUT2D eigenvalue weighted by Gasteiger charge is 2.62. The molecule has 5 aliphatic heterocycles. The summed E-state index contributed by atoms with van der Waals surface area (Å²) >= 11 is 0. The normalized spacial score (nSPS) is 40.2. The standard InChI is InChI=1S/C76H105N5O11S2/c1-48(83)91-64-40-65(92-70(88)76-28-4-3-11-52(76)15-22-66(87)80-76)75(31-33-77-34-32-75)68-50(39-56-59(73(46-82)25-5-6-26-73)42-90-69-63(86)21-19-55(68)67(56)69)9-7-10-51-41-71(2,89)47-94-93-43-60(62(85)20-18-54(51)64)79-45-74-30-24-58-61(81-37-35-78-36-38-81)12-8-27-72(58,44-74)29-23-57(74)49-13-16-53(84)17-14-49/h8,12-14,16-17,19,21,24,30,50-52,54,56-62,64-65,68,77-79,82,84-86,89H,3-6,10-11,15,18,20,22-23,25-29,31-47H2,1-2H3,(H,80,87)/t50-,51-,52+,54+,56+,57-,58-,59-,60-,61+,62+,64-,65+,68+,71+,72-,74-,76+/m0/s1. The molecule has 2 aromatic carbocycles. The summed E-state index contributed by atoms with van der Waals surface area (Å²) < 4.78 is 21.1. The number of carbonyl (C=O) groups excluding carboxylic acids is 3. The van der Waals surface area contributed by atoms with Gasteiger partial charge in [-0.1, -0.05) is 95.7 Å². The highest BCUT2D eigenvalue weighted by molar-refractivity contribution is 8.76. The van der Waals surface area contributed by atoms with Crippen LogP contribution in [0.15, 0.2) is 60.7 Å². The summed E-state index contributed by atoms with van der Waals surface area (Å²) in [7, 11) is 3.32. The van der Waals surface area contributed by atoms with Crippen molar-refractivity contribution in [3.8, 4) is 29.1 Å². The van der Waals surface area contributed by atoms with Crippen molar-refractivity contribution in [2.75, 3.05) is 70.5 Å². The molecule has 2 bridgehead atoms. The number of aliphatic hydroxyl groups excluding tert-OH is 2. The van der Waals surface area contributed by atoms with Gasteiger partial charge in [0.15, 0.2) is 11.5 Å². The zero-order valence-electron chi connectivity index (χ0n) is 55.6. The summed E-state index contributed by atoms with van der Waals surface area (Å²) in [5.41, 5.74) is -0.559. The van der Waals surface area contributed by atoms with Gasteiger partial charge in [0.1, 0.15) is 23.5 Å². The smallest absolute Gasteiger partial charge is 0.332 e. The van der Waals surface area contributed by atoms with Crippen LogP contribution in [0.5, 0.6) is 17.2 Å². The molecule has 3 saturated carbocycles. The Morgan fingerprint density at radius 1 is 0.883 bits per heavy atom. The number of hydrogen-bond donors (Lipinski definition) is 9. The fourth-order valence-corrected chi connectivity index (χ4v) is 24.8. The van der Waals surface area contributed by atoms with Crippen molar-refractivity contribution < 1.29 is 54.1 Å². The minimum absolute atomic E-state index is 0.0290. The predicted molar refractivity (Wildman–Crippen MR) is 366 cm³/mol. The van der Waals surface area contributed by atoms with Crippen molar-refractivity contribution in [1.82, 2.24) is 26.2 Å². The molecule has 18 heteroatoms. The van der Waals surface area contributed by atoms with Crippen LogP contribution in [0.4, 0.5) is 0 Å².